The van der Waals surface area contributed by atoms with Gasteiger partial charge < -0.3 is 18.9 Å². The fourth-order valence-electron chi connectivity index (χ4n) is 2.34. The van der Waals surface area contributed by atoms with Crippen LogP contribution in [0.5, 0.6) is 0 Å². The second-order valence-electron chi connectivity index (χ2n) is 7.74. The third-order valence-corrected chi connectivity index (χ3v) is 4.01. The minimum Gasteiger partial charge on any atom is -0.520 e. The highest BCUT2D eigenvalue weighted by Crippen LogP contribution is 2.27. The molecule has 0 saturated carbocycles. The quantitative estimate of drug-likeness (QED) is 0.585. The summed E-state index contributed by atoms with van der Waals surface area (Å²) >= 11 is 0. The molecule has 2 unspecified atom stereocenters. The largest absolute Gasteiger partial charge is 0.520 e. The minimum absolute atomic E-state index is 0.160. The number of rotatable bonds is 4. The van der Waals surface area contributed by atoms with Gasteiger partial charge in [-0.3, -0.25) is 4.79 Å². The third kappa shape index (κ3) is 6.17. The Labute approximate surface area is 133 Å². The Morgan fingerprint density at radius 3 is 2.27 bits per heavy atom. The smallest absolute Gasteiger partial charge is 0.410 e. The number of ether oxygens (including phenoxy) is 1. The Balaban J connectivity index is 2.64. The summed E-state index contributed by atoms with van der Waals surface area (Å²) in [5.74, 6) is -0.836. The monoisotopic (exact) mass is 329 g/mol. The van der Waals surface area contributed by atoms with Gasteiger partial charge >= 0.3 is 6.09 Å². The van der Waals surface area contributed by atoms with Crippen molar-refractivity contribution in [1.82, 2.24) is 4.90 Å². The van der Waals surface area contributed by atoms with Gasteiger partial charge in [0.25, 0.3) is 5.97 Å². The van der Waals surface area contributed by atoms with Crippen molar-refractivity contribution in [2.75, 3.05) is 13.1 Å². The normalized spacial score (nSPS) is 22.4. The van der Waals surface area contributed by atoms with Crippen molar-refractivity contribution in [3.8, 4) is 0 Å². The van der Waals surface area contributed by atoms with E-state index in [9.17, 15) is 14.4 Å². The first-order chi connectivity index (χ1) is 9.91. The molecule has 6 nitrogen and oxygen atoms in total. The van der Waals surface area contributed by atoms with Gasteiger partial charge in [0.2, 0.25) is 8.32 Å². The standard InChI is InChI=1S/C15H27NO5Si/c1-15(2,3)20-14(19)16-8-11(12(9-16)10-17)7-13(18)21-22(4,5)6/h10-12H,7-9H2,1-6H3. The highest BCUT2D eigenvalue weighted by Gasteiger charge is 2.38. The van der Waals surface area contributed by atoms with Gasteiger partial charge in [-0.15, -0.1) is 0 Å². The molecule has 1 aliphatic rings. The van der Waals surface area contributed by atoms with E-state index in [2.05, 4.69) is 0 Å². The molecule has 126 valence electrons. The van der Waals surface area contributed by atoms with Gasteiger partial charge in [0, 0.05) is 25.4 Å². The Kier molecular flexibility index (Phi) is 5.78. The highest BCUT2D eigenvalue weighted by molar-refractivity contribution is 6.71. The molecule has 1 rings (SSSR count). The van der Waals surface area contributed by atoms with Crippen molar-refractivity contribution in [1.29, 1.82) is 0 Å². The zero-order chi connectivity index (χ0) is 17.1. The van der Waals surface area contributed by atoms with Gasteiger partial charge in [-0.2, -0.15) is 0 Å². The van der Waals surface area contributed by atoms with Crippen LogP contribution in [-0.4, -0.2) is 50.3 Å². The van der Waals surface area contributed by atoms with E-state index in [-0.39, 0.29) is 24.2 Å². The zero-order valence-electron chi connectivity index (χ0n) is 14.3. The number of carbonyl (C=O) groups is 3. The molecule has 22 heavy (non-hydrogen) atoms. The van der Waals surface area contributed by atoms with Crippen LogP contribution in [0.3, 0.4) is 0 Å². The third-order valence-electron chi connectivity index (χ3n) is 3.17. The molecule has 0 aliphatic carbocycles. The maximum Gasteiger partial charge on any atom is 0.410 e. The predicted molar refractivity (Wildman–Crippen MR) is 84.9 cm³/mol. The van der Waals surface area contributed by atoms with Crippen LogP contribution < -0.4 is 0 Å². The lowest BCUT2D eigenvalue weighted by atomic mass is 9.94. The van der Waals surface area contributed by atoms with Crippen molar-refractivity contribution in [2.24, 2.45) is 11.8 Å². The van der Waals surface area contributed by atoms with Gasteiger partial charge in [-0.25, -0.2) is 4.79 Å². The molecule has 0 spiro atoms. The van der Waals surface area contributed by atoms with Crippen LogP contribution in [0.2, 0.25) is 19.6 Å². The second kappa shape index (κ2) is 6.81. The van der Waals surface area contributed by atoms with Gasteiger partial charge in [-0.1, -0.05) is 0 Å². The zero-order valence-corrected chi connectivity index (χ0v) is 15.3. The summed E-state index contributed by atoms with van der Waals surface area (Å²) in [6.45, 7) is 11.8. The van der Waals surface area contributed by atoms with Gasteiger partial charge in [0.15, 0.2) is 0 Å². The number of aldehydes is 1. The SMILES string of the molecule is CC(C)(C)OC(=O)N1CC(C=O)C(CC(=O)O[Si](C)(C)C)C1. The number of likely N-dealkylation sites (tertiary alicyclic amines) is 1. The summed E-state index contributed by atoms with van der Waals surface area (Å²) in [6.07, 6.45) is 0.532. The molecule has 1 saturated heterocycles. The van der Waals surface area contributed by atoms with Crippen molar-refractivity contribution < 1.29 is 23.5 Å². The van der Waals surface area contributed by atoms with Crippen LogP contribution in [-0.2, 0) is 18.8 Å². The van der Waals surface area contributed by atoms with Crippen LogP contribution in [0.1, 0.15) is 27.2 Å². The van der Waals surface area contributed by atoms with Crippen LogP contribution in [0.15, 0.2) is 0 Å². The first-order valence-corrected chi connectivity index (χ1v) is 11.0. The molecule has 2 atom stereocenters. The van der Waals surface area contributed by atoms with Gasteiger partial charge in [0.05, 0.1) is 0 Å². The molecule has 0 aromatic carbocycles. The molecule has 1 amide bonds. The lowest BCUT2D eigenvalue weighted by molar-refractivity contribution is -0.136. The average Bonchev–Trinajstić information content (AvgIpc) is 2.67. The van der Waals surface area contributed by atoms with E-state index >= 15 is 0 Å². The van der Waals surface area contributed by atoms with Crippen molar-refractivity contribution in [2.45, 2.75) is 52.4 Å². The fourth-order valence-corrected chi connectivity index (χ4v) is 3.11. The van der Waals surface area contributed by atoms with E-state index in [0.29, 0.717) is 13.1 Å². The molecule has 1 fully saturated rings. The minimum atomic E-state index is -1.94. The molecule has 7 heteroatoms. The topological polar surface area (TPSA) is 72.9 Å². The molecule has 0 N–H and O–H groups in total. The Morgan fingerprint density at radius 2 is 1.82 bits per heavy atom. The molecular weight excluding hydrogens is 302 g/mol. The van der Waals surface area contributed by atoms with Crippen LogP contribution in [0.25, 0.3) is 0 Å². The van der Waals surface area contributed by atoms with E-state index in [4.69, 9.17) is 9.16 Å². The summed E-state index contributed by atoms with van der Waals surface area (Å²) in [5, 5.41) is 0. The average molecular weight is 329 g/mol. The Morgan fingerprint density at radius 1 is 1.23 bits per heavy atom. The van der Waals surface area contributed by atoms with Crippen LogP contribution in [0, 0.1) is 11.8 Å². The maximum absolute atomic E-state index is 12.1. The van der Waals surface area contributed by atoms with Gasteiger partial charge in [0.1, 0.15) is 11.9 Å². The number of hydrogen-bond donors (Lipinski definition) is 0. The van der Waals surface area contributed by atoms with Crippen molar-refractivity contribution >= 4 is 26.7 Å². The van der Waals surface area contributed by atoms with E-state index in [1.54, 1.807) is 20.8 Å². The lowest BCUT2D eigenvalue weighted by Gasteiger charge is -2.24. The van der Waals surface area contributed by atoms with E-state index < -0.39 is 20.0 Å². The first kappa shape index (κ1) is 18.7. The molecular formula is C15H27NO5Si. The Hall–Kier alpha value is -1.37. The summed E-state index contributed by atoms with van der Waals surface area (Å²) in [7, 11) is -1.94. The van der Waals surface area contributed by atoms with Crippen LogP contribution in [0.4, 0.5) is 4.79 Å². The summed E-state index contributed by atoms with van der Waals surface area (Å²) in [5.41, 5.74) is -0.581. The highest BCUT2D eigenvalue weighted by atomic mass is 28.4. The van der Waals surface area contributed by atoms with Crippen molar-refractivity contribution in [3.05, 3.63) is 0 Å². The molecule has 0 aromatic heterocycles. The molecule has 0 radical (unpaired) electrons. The predicted octanol–water partition coefficient (Wildman–Crippen LogP) is 2.44. The van der Waals surface area contributed by atoms with Gasteiger partial charge in [-0.05, 0) is 46.3 Å². The Bertz CT molecular complexity index is 438. The van der Waals surface area contributed by atoms with E-state index in [0.717, 1.165) is 6.29 Å². The molecule has 0 bridgehead atoms. The maximum atomic E-state index is 12.1. The fraction of sp³-hybridized carbons (Fsp3) is 0.800. The molecule has 0 aromatic rings. The second-order valence-corrected chi connectivity index (χ2v) is 12.2. The summed E-state index contributed by atoms with van der Waals surface area (Å²) in [4.78, 5) is 36.7. The van der Waals surface area contributed by atoms with Crippen molar-refractivity contribution in [3.63, 3.8) is 0 Å². The van der Waals surface area contributed by atoms with E-state index in [1.807, 2.05) is 19.6 Å². The lowest BCUT2D eigenvalue weighted by Crippen LogP contribution is -2.35. The number of hydrogen-bond acceptors (Lipinski definition) is 5. The summed E-state index contributed by atoms with van der Waals surface area (Å²) < 4.78 is 10.7. The van der Waals surface area contributed by atoms with E-state index in [1.165, 1.54) is 4.90 Å². The number of amides is 1. The van der Waals surface area contributed by atoms with Crippen LogP contribution >= 0.6 is 0 Å². The molecule has 1 aliphatic heterocycles. The number of carbonyl (C=O) groups excluding carboxylic acids is 3. The summed E-state index contributed by atoms with van der Waals surface area (Å²) in [6, 6.07) is 0. The first-order valence-electron chi connectivity index (χ1n) is 7.56. The molecule has 1 heterocycles. The number of nitrogens with zero attached hydrogens (tertiary/aromatic N) is 1.